The molecule has 7 heteroatoms. The van der Waals surface area contributed by atoms with E-state index in [0.29, 0.717) is 0 Å². The molecule has 134 valence electrons. The zero-order valence-electron chi connectivity index (χ0n) is 14.5. The molecule has 0 bridgehead atoms. The molecule has 26 heavy (non-hydrogen) atoms. The lowest BCUT2D eigenvalue weighted by Crippen LogP contribution is -2.19. The van der Waals surface area contributed by atoms with Crippen molar-refractivity contribution in [3.05, 3.63) is 65.7 Å². The predicted molar refractivity (Wildman–Crippen MR) is 111 cm³/mol. The maximum atomic E-state index is 13.0. The first-order valence-corrected chi connectivity index (χ1v) is 10.9. The number of carbonyl (C=O) groups is 1. The van der Waals surface area contributed by atoms with E-state index in [-0.39, 0.29) is 11.2 Å². The molecule has 1 N–H and O–H groups in total. The minimum Gasteiger partial charge on any atom is -0.325 e. The van der Waals surface area contributed by atoms with Gasteiger partial charge in [-0.05, 0) is 30.4 Å². The second-order valence-electron chi connectivity index (χ2n) is 5.53. The van der Waals surface area contributed by atoms with E-state index in [1.165, 1.54) is 23.1 Å². The Bertz CT molecular complexity index is 850. The van der Waals surface area contributed by atoms with Crippen molar-refractivity contribution < 1.29 is 4.79 Å². The number of hydrogen-bond donors (Lipinski definition) is 1. The van der Waals surface area contributed by atoms with E-state index < -0.39 is 0 Å². The minimum atomic E-state index is -0.384. The predicted octanol–water partition coefficient (Wildman–Crippen LogP) is 5.43. The van der Waals surface area contributed by atoms with E-state index in [9.17, 15) is 4.79 Å². The molecule has 1 heterocycles. The Kier molecular flexibility index (Phi) is 6.71. The fraction of sp³-hybridized carbons (Fsp3) is 0.211. The van der Waals surface area contributed by atoms with Crippen LogP contribution in [0, 0.1) is 6.92 Å². The quantitative estimate of drug-likeness (QED) is 0.535. The summed E-state index contributed by atoms with van der Waals surface area (Å²) in [6.07, 6.45) is 0. The number of anilines is 1. The molecule has 0 saturated carbocycles. The number of carbonyl (C=O) groups excluding carboxylic acids is 1. The SMILES string of the molecule is CCSc1nnc(SC(C(=O)Nc2ccc(C)cc2)c2ccccc2)s1. The highest BCUT2D eigenvalue weighted by molar-refractivity contribution is 8.03. The Morgan fingerprint density at radius 3 is 2.46 bits per heavy atom. The number of amides is 1. The van der Waals surface area contributed by atoms with Crippen LogP contribution in [0.25, 0.3) is 0 Å². The first-order chi connectivity index (χ1) is 12.7. The Hall–Kier alpha value is -1.83. The third-order valence-electron chi connectivity index (χ3n) is 3.53. The standard InChI is InChI=1S/C19H19N3OS3/c1-3-24-18-21-22-19(26-18)25-16(14-7-5-4-6-8-14)17(23)20-15-11-9-13(2)10-12-15/h4-12,16H,3H2,1-2H3,(H,20,23). The molecule has 2 aromatic carbocycles. The van der Waals surface area contributed by atoms with Gasteiger partial charge in [0.25, 0.3) is 0 Å². The van der Waals surface area contributed by atoms with Crippen LogP contribution >= 0.6 is 34.9 Å². The van der Waals surface area contributed by atoms with E-state index in [2.05, 4.69) is 22.4 Å². The molecule has 0 aliphatic carbocycles. The normalized spacial score (nSPS) is 11.9. The monoisotopic (exact) mass is 401 g/mol. The molecule has 4 nitrogen and oxygen atoms in total. The van der Waals surface area contributed by atoms with Crippen LogP contribution in [0.1, 0.15) is 23.3 Å². The lowest BCUT2D eigenvalue weighted by molar-refractivity contribution is -0.115. The average Bonchev–Trinajstić information content (AvgIpc) is 3.10. The zero-order chi connectivity index (χ0) is 18.4. The number of nitrogens with one attached hydrogen (secondary N) is 1. The van der Waals surface area contributed by atoms with Gasteiger partial charge in [-0.3, -0.25) is 4.79 Å². The van der Waals surface area contributed by atoms with Gasteiger partial charge >= 0.3 is 0 Å². The Morgan fingerprint density at radius 1 is 1.08 bits per heavy atom. The second-order valence-corrected chi connectivity index (χ2v) is 9.37. The number of rotatable bonds is 7. The van der Waals surface area contributed by atoms with Gasteiger partial charge in [0.1, 0.15) is 5.25 Å². The molecular formula is C19H19N3OS3. The van der Waals surface area contributed by atoms with Gasteiger partial charge in [-0.1, -0.05) is 89.8 Å². The molecule has 1 atom stereocenters. The summed E-state index contributed by atoms with van der Waals surface area (Å²) in [5.74, 6) is 0.889. The van der Waals surface area contributed by atoms with Gasteiger partial charge in [0, 0.05) is 5.69 Å². The van der Waals surface area contributed by atoms with Crippen LogP contribution in [-0.4, -0.2) is 21.9 Å². The van der Waals surface area contributed by atoms with Crippen LogP contribution in [0.4, 0.5) is 5.69 Å². The van der Waals surface area contributed by atoms with E-state index in [0.717, 1.165) is 31.2 Å². The van der Waals surface area contributed by atoms with Gasteiger partial charge in [-0.15, -0.1) is 10.2 Å². The van der Waals surface area contributed by atoms with Gasteiger partial charge in [0.05, 0.1) is 0 Å². The highest BCUT2D eigenvalue weighted by atomic mass is 32.2. The number of aryl methyl sites for hydroxylation is 1. The van der Waals surface area contributed by atoms with Gasteiger partial charge in [-0.25, -0.2) is 0 Å². The van der Waals surface area contributed by atoms with Crippen molar-refractivity contribution >= 4 is 46.5 Å². The van der Waals surface area contributed by atoms with Crippen LogP contribution in [0.5, 0.6) is 0 Å². The lowest BCUT2D eigenvalue weighted by atomic mass is 10.1. The van der Waals surface area contributed by atoms with E-state index in [4.69, 9.17) is 0 Å². The van der Waals surface area contributed by atoms with Gasteiger partial charge in [0.2, 0.25) is 5.91 Å². The van der Waals surface area contributed by atoms with Crippen molar-refractivity contribution in [2.45, 2.75) is 27.8 Å². The van der Waals surface area contributed by atoms with Crippen molar-refractivity contribution in [3.8, 4) is 0 Å². The summed E-state index contributed by atoms with van der Waals surface area (Å²) < 4.78 is 1.73. The molecular weight excluding hydrogens is 382 g/mol. The van der Waals surface area contributed by atoms with Crippen LogP contribution in [0.2, 0.25) is 0 Å². The maximum absolute atomic E-state index is 13.0. The summed E-state index contributed by atoms with van der Waals surface area (Å²) in [6, 6.07) is 17.6. The van der Waals surface area contributed by atoms with Gasteiger partial charge in [-0.2, -0.15) is 0 Å². The molecule has 0 saturated heterocycles. The summed E-state index contributed by atoms with van der Waals surface area (Å²) in [5.41, 5.74) is 2.90. The zero-order valence-corrected chi connectivity index (χ0v) is 17.0. The average molecular weight is 402 g/mol. The van der Waals surface area contributed by atoms with E-state index in [1.807, 2.05) is 61.5 Å². The fourth-order valence-electron chi connectivity index (χ4n) is 2.27. The number of benzene rings is 2. The van der Waals surface area contributed by atoms with Gasteiger partial charge < -0.3 is 5.32 Å². The Morgan fingerprint density at radius 2 is 1.77 bits per heavy atom. The Labute approximate surface area is 165 Å². The van der Waals surface area contributed by atoms with Gasteiger partial charge in [0.15, 0.2) is 8.68 Å². The van der Waals surface area contributed by atoms with Crippen LogP contribution in [-0.2, 0) is 4.79 Å². The van der Waals surface area contributed by atoms with Crippen molar-refractivity contribution in [1.82, 2.24) is 10.2 Å². The summed E-state index contributed by atoms with van der Waals surface area (Å²) >= 11 is 4.63. The van der Waals surface area contributed by atoms with Crippen molar-refractivity contribution in [2.75, 3.05) is 11.1 Å². The topological polar surface area (TPSA) is 54.9 Å². The van der Waals surface area contributed by atoms with Crippen molar-refractivity contribution in [1.29, 1.82) is 0 Å². The number of nitrogens with zero attached hydrogens (tertiary/aromatic N) is 2. The smallest absolute Gasteiger partial charge is 0.242 e. The summed E-state index contributed by atoms with van der Waals surface area (Å²) in [6.45, 7) is 4.11. The first-order valence-electron chi connectivity index (χ1n) is 8.21. The van der Waals surface area contributed by atoms with Crippen molar-refractivity contribution in [3.63, 3.8) is 0 Å². The fourth-order valence-corrected chi connectivity index (χ4v) is 5.38. The maximum Gasteiger partial charge on any atom is 0.242 e. The molecule has 3 rings (SSSR count). The van der Waals surface area contributed by atoms with E-state index in [1.54, 1.807) is 11.8 Å². The lowest BCUT2D eigenvalue weighted by Gasteiger charge is -2.15. The second kappa shape index (κ2) is 9.21. The number of aromatic nitrogens is 2. The molecule has 1 amide bonds. The number of thioether (sulfide) groups is 2. The highest BCUT2D eigenvalue weighted by Gasteiger charge is 2.24. The molecule has 0 spiro atoms. The summed E-state index contributed by atoms with van der Waals surface area (Å²) in [7, 11) is 0. The molecule has 0 fully saturated rings. The Balaban J connectivity index is 1.80. The highest BCUT2D eigenvalue weighted by Crippen LogP contribution is 2.39. The first kappa shape index (κ1) is 18.9. The third kappa shape index (κ3) is 5.09. The van der Waals surface area contributed by atoms with E-state index >= 15 is 0 Å². The van der Waals surface area contributed by atoms with Crippen LogP contribution in [0.3, 0.4) is 0 Å². The minimum absolute atomic E-state index is 0.0649. The third-order valence-corrected chi connectivity index (χ3v) is 6.81. The van der Waals surface area contributed by atoms with Crippen LogP contribution < -0.4 is 5.32 Å². The van der Waals surface area contributed by atoms with Crippen molar-refractivity contribution in [2.24, 2.45) is 0 Å². The largest absolute Gasteiger partial charge is 0.325 e. The molecule has 0 aliphatic heterocycles. The summed E-state index contributed by atoms with van der Waals surface area (Å²) in [5, 5.41) is 11.0. The molecule has 3 aromatic rings. The number of hydrogen-bond acceptors (Lipinski definition) is 6. The summed E-state index contributed by atoms with van der Waals surface area (Å²) in [4.78, 5) is 13.0. The molecule has 1 aromatic heterocycles. The molecule has 0 radical (unpaired) electrons. The van der Waals surface area contributed by atoms with Crippen LogP contribution in [0.15, 0.2) is 63.3 Å². The molecule has 1 unspecified atom stereocenters. The molecule has 0 aliphatic rings.